The zero-order chi connectivity index (χ0) is 14.2. The zero-order valence-corrected chi connectivity index (χ0v) is 11.9. The first kappa shape index (κ1) is 13.4. The van der Waals surface area contributed by atoms with Crippen LogP contribution in [0.15, 0.2) is 24.3 Å². The molecule has 1 aromatic carbocycles. The molecule has 108 valence electrons. The van der Waals surface area contributed by atoms with Crippen LogP contribution in [0.2, 0.25) is 0 Å². The van der Waals surface area contributed by atoms with Crippen LogP contribution < -0.4 is 10.1 Å². The second kappa shape index (κ2) is 5.09. The van der Waals surface area contributed by atoms with Crippen molar-refractivity contribution < 1.29 is 17.9 Å². The molecule has 2 aliphatic rings. The Labute approximate surface area is 118 Å². The van der Waals surface area contributed by atoms with E-state index in [1.165, 1.54) is 0 Å². The van der Waals surface area contributed by atoms with E-state index in [-0.39, 0.29) is 23.5 Å². The first-order valence-electron chi connectivity index (χ1n) is 6.78. The summed E-state index contributed by atoms with van der Waals surface area (Å²) in [6, 6.07) is 7.57. The van der Waals surface area contributed by atoms with Gasteiger partial charge in [-0.2, -0.15) is 0 Å². The number of sulfone groups is 1. The fourth-order valence-electron chi connectivity index (χ4n) is 2.68. The molecule has 2 aliphatic heterocycles. The molecule has 0 aliphatic carbocycles. The topological polar surface area (TPSA) is 72.5 Å². The molecule has 6 heteroatoms. The number of carbonyl (C=O) groups excluding carboxylic acids is 1. The molecule has 0 radical (unpaired) electrons. The molecule has 1 unspecified atom stereocenters. The van der Waals surface area contributed by atoms with E-state index in [9.17, 15) is 13.2 Å². The van der Waals surface area contributed by atoms with E-state index in [2.05, 4.69) is 5.32 Å². The van der Waals surface area contributed by atoms with Gasteiger partial charge in [-0.15, -0.1) is 0 Å². The summed E-state index contributed by atoms with van der Waals surface area (Å²) in [5, 5.41) is 2.97. The Morgan fingerprint density at radius 3 is 2.75 bits per heavy atom. The molecule has 1 atom stereocenters. The number of fused-ring (bicyclic) bond motifs is 1. The molecule has 0 spiro atoms. The van der Waals surface area contributed by atoms with Crippen molar-refractivity contribution in [1.82, 2.24) is 5.32 Å². The number of ether oxygens (including phenoxy) is 1. The molecule has 20 heavy (non-hydrogen) atoms. The van der Waals surface area contributed by atoms with E-state index in [4.69, 9.17) is 4.74 Å². The molecule has 5 nitrogen and oxygen atoms in total. The number of hydrogen-bond donors (Lipinski definition) is 1. The molecule has 0 bridgehead atoms. The Hall–Kier alpha value is -1.56. The van der Waals surface area contributed by atoms with Crippen LogP contribution in [0.25, 0.3) is 0 Å². The molecule has 0 saturated carbocycles. The zero-order valence-electron chi connectivity index (χ0n) is 11.0. The average Bonchev–Trinajstić information content (AvgIpc) is 2.59. The second-order valence-corrected chi connectivity index (χ2v) is 7.52. The third-order valence-corrected chi connectivity index (χ3v) is 5.61. The molecule has 3 rings (SSSR count). The predicted octanol–water partition coefficient (Wildman–Crippen LogP) is 1.06. The molecule has 0 aromatic heterocycles. The molecule has 2 heterocycles. The maximum atomic E-state index is 12.1. The van der Waals surface area contributed by atoms with Gasteiger partial charge in [0.2, 0.25) is 5.91 Å². The molecule has 1 saturated heterocycles. The van der Waals surface area contributed by atoms with Crippen LogP contribution in [0.4, 0.5) is 0 Å². The van der Waals surface area contributed by atoms with Gasteiger partial charge in [0.1, 0.15) is 5.75 Å². The SMILES string of the molecule is O=C(NC1CCCOc2ccccc21)C1CS(=O)(=O)C1. The van der Waals surface area contributed by atoms with Crippen molar-refractivity contribution in [2.75, 3.05) is 18.1 Å². The van der Waals surface area contributed by atoms with E-state index >= 15 is 0 Å². The first-order valence-corrected chi connectivity index (χ1v) is 8.60. The standard InChI is InChI=1S/C14H17NO4S/c16-14(10-8-20(17,18)9-10)15-12-5-3-7-19-13-6-2-1-4-11(12)13/h1-2,4,6,10,12H,3,5,7-9H2,(H,15,16). The maximum absolute atomic E-state index is 12.1. The number of rotatable bonds is 2. The van der Waals surface area contributed by atoms with Crippen molar-refractivity contribution in [3.05, 3.63) is 29.8 Å². The van der Waals surface area contributed by atoms with E-state index in [0.29, 0.717) is 6.61 Å². The highest BCUT2D eigenvalue weighted by Gasteiger charge is 2.39. The number of carbonyl (C=O) groups is 1. The van der Waals surface area contributed by atoms with E-state index in [1.807, 2.05) is 24.3 Å². The van der Waals surface area contributed by atoms with Gasteiger partial charge in [0.15, 0.2) is 9.84 Å². The maximum Gasteiger partial charge on any atom is 0.225 e. The highest BCUT2D eigenvalue weighted by Crippen LogP contribution is 2.31. The summed E-state index contributed by atoms with van der Waals surface area (Å²) in [6.45, 7) is 0.640. The molecule has 1 N–H and O–H groups in total. The van der Waals surface area contributed by atoms with E-state index in [1.54, 1.807) is 0 Å². The van der Waals surface area contributed by atoms with Crippen molar-refractivity contribution in [1.29, 1.82) is 0 Å². The monoisotopic (exact) mass is 295 g/mol. The number of hydrogen-bond acceptors (Lipinski definition) is 4. The number of nitrogens with one attached hydrogen (secondary N) is 1. The van der Waals surface area contributed by atoms with Gasteiger partial charge in [-0.1, -0.05) is 18.2 Å². The van der Waals surface area contributed by atoms with Crippen LogP contribution in [0, 0.1) is 5.92 Å². The summed E-state index contributed by atoms with van der Waals surface area (Å²) in [4.78, 5) is 12.1. The molecular formula is C14H17NO4S. The Morgan fingerprint density at radius 1 is 1.25 bits per heavy atom. The highest BCUT2D eigenvalue weighted by molar-refractivity contribution is 7.92. The van der Waals surface area contributed by atoms with Crippen molar-refractivity contribution >= 4 is 15.7 Å². The Balaban J connectivity index is 1.72. The lowest BCUT2D eigenvalue weighted by atomic mass is 10.0. The molecule has 1 fully saturated rings. The van der Waals surface area contributed by atoms with Crippen LogP contribution in [0.3, 0.4) is 0 Å². The summed E-state index contributed by atoms with van der Waals surface area (Å²) in [5.41, 5.74) is 0.973. The summed E-state index contributed by atoms with van der Waals surface area (Å²) < 4.78 is 27.9. The largest absolute Gasteiger partial charge is 0.493 e. The summed E-state index contributed by atoms with van der Waals surface area (Å²) in [5.74, 6) is 0.197. The molecule has 1 amide bonds. The van der Waals surface area contributed by atoms with Gasteiger partial charge >= 0.3 is 0 Å². The Kier molecular flexibility index (Phi) is 3.41. The Morgan fingerprint density at radius 2 is 2.00 bits per heavy atom. The fourth-order valence-corrected chi connectivity index (χ4v) is 4.11. The third kappa shape index (κ3) is 2.65. The lowest BCUT2D eigenvalue weighted by molar-refractivity contribution is -0.125. The van der Waals surface area contributed by atoms with Crippen LogP contribution >= 0.6 is 0 Å². The van der Waals surface area contributed by atoms with Crippen LogP contribution in [-0.4, -0.2) is 32.4 Å². The third-order valence-electron chi connectivity index (χ3n) is 3.79. The lowest BCUT2D eigenvalue weighted by Gasteiger charge is -2.27. The average molecular weight is 295 g/mol. The minimum atomic E-state index is -2.97. The van der Waals surface area contributed by atoms with Gasteiger partial charge in [-0.25, -0.2) is 8.42 Å². The minimum Gasteiger partial charge on any atom is -0.493 e. The van der Waals surface area contributed by atoms with Crippen molar-refractivity contribution in [2.24, 2.45) is 5.92 Å². The van der Waals surface area contributed by atoms with E-state index in [0.717, 1.165) is 24.2 Å². The summed E-state index contributed by atoms with van der Waals surface area (Å²) >= 11 is 0. The van der Waals surface area contributed by atoms with Gasteiger partial charge in [0.05, 0.1) is 30.1 Å². The first-order chi connectivity index (χ1) is 9.55. The van der Waals surface area contributed by atoms with Crippen LogP contribution in [0.5, 0.6) is 5.75 Å². The number of amides is 1. The van der Waals surface area contributed by atoms with Gasteiger partial charge in [-0.05, 0) is 18.9 Å². The van der Waals surface area contributed by atoms with Crippen molar-refractivity contribution in [3.8, 4) is 5.75 Å². The normalized spacial score (nSPS) is 24.7. The fraction of sp³-hybridized carbons (Fsp3) is 0.500. The van der Waals surface area contributed by atoms with Gasteiger partial charge < -0.3 is 10.1 Å². The van der Waals surface area contributed by atoms with Crippen molar-refractivity contribution in [2.45, 2.75) is 18.9 Å². The smallest absolute Gasteiger partial charge is 0.225 e. The highest BCUT2D eigenvalue weighted by atomic mass is 32.2. The van der Waals surface area contributed by atoms with Gasteiger partial charge in [0.25, 0.3) is 0 Å². The number of para-hydroxylation sites is 1. The summed E-state index contributed by atoms with van der Waals surface area (Å²) in [6.07, 6.45) is 1.67. The van der Waals surface area contributed by atoms with Crippen LogP contribution in [-0.2, 0) is 14.6 Å². The lowest BCUT2D eigenvalue weighted by Crippen LogP contribution is -2.47. The minimum absolute atomic E-state index is 0.0241. The predicted molar refractivity (Wildman–Crippen MR) is 74.2 cm³/mol. The molecule has 1 aromatic rings. The Bertz CT molecular complexity index is 614. The summed E-state index contributed by atoms with van der Waals surface area (Å²) in [7, 11) is -2.97. The van der Waals surface area contributed by atoms with E-state index < -0.39 is 15.8 Å². The second-order valence-electron chi connectivity index (χ2n) is 5.36. The quantitative estimate of drug-likeness (QED) is 0.885. The van der Waals surface area contributed by atoms with Gasteiger partial charge in [-0.3, -0.25) is 4.79 Å². The van der Waals surface area contributed by atoms with Crippen molar-refractivity contribution in [3.63, 3.8) is 0 Å². The van der Waals surface area contributed by atoms with Gasteiger partial charge in [0, 0.05) is 5.56 Å². The molecular weight excluding hydrogens is 278 g/mol. The van der Waals surface area contributed by atoms with Crippen LogP contribution in [0.1, 0.15) is 24.4 Å². The number of benzene rings is 1.